The van der Waals surface area contributed by atoms with Crippen molar-refractivity contribution in [2.45, 2.75) is 44.2 Å². The first kappa shape index (κ1) is 25.2. The highest BCUT2D eigenvalue weighted by Crippen LogP contribution is 2.42. The van der Waals surface area contributed by atoms with Crippen molar-refractivity contribution >= 4 is 52.0 Å². The second-order valence-corrected chi connectivity index (χ2v) is 11.4. The number of thiophene rings is 1. The van der Waals surface area contributed by atoms with Gasteiger partial charge in [0.25, 0.3) is 11.8 Å². The van der Waals surface area contributed by atoms with Gasteiger partial charge in [-0.15, -0.1) is 11.3 Å². The minimum Gasteiger partial charge on any atom is -0.370 e. The van der Waals surface area contributed by atoms with Crippen LogP contribution in [0.25, 0.3) is 0 Å². The lowest BCUT2D eigenvalue weighted by atomic mass is 9.77. The van der Waals surface area contributed by atoms with Gasteiger partial charge < -0.3 is 25.6 Å². The van der Waals surface area contributed by atoms with Crippen LogP contribution in [-0.2, 0) is 14.3 Å². The molecular weight excluding hydrogens is 500 g/mol. The number of hydrogen-bond acceptors (Lipinski definition) is 6. The Kier molecular flexibility index (Phi) is 7.90. The number of benzene rings is 1. The van der Waals surface area contributed by atoms with E-state index in [0.29, 0.717) is 39.9 Å². The van der Waals surface area contributed by atoms with E-state index in [1.54, 1.807) is 29.2 Å². The SMILES string of the molecule is O=C(NC[C@H](NC(C1CCC1)C1CC1)C(=O)Nc1ccc(N2CCOCC2=O)cc1)c1ccc(Cl)s1. The van der Waals surface area contributed by atoms with Crippen LogP contribution in [0, 0.1) is 11.8 Å². The minimum absolute atomic E-state index is 0.0767. The number of morpholine rings is 1. The molecule has 1 aliphatic heterocycles. The van der Waals surface area contributed by atoms with Crippen molar-refractivity contribution in [1.82, 2.24) is 10.6 Å². The number of rotatable bonds is 10. The van der Waals surface area contributed by atoms with Crippen LogP contribution in [0.1, 0.15) is 41.8 Å². The molecule has 2 heterocycles. The molecule has 8 nitrogen and oxygen atoms in total. The highest BCUT2D eigenvalue weighted by atomic mass is 35.5. The lowest BCUT2D eigenvalue weighted by Crippen LogP contribution is -2.55. The van der Waals surface area contributed by atoms with Crippen molar-refractivity contribution < 1.29 is 19.1 Å². The summed E-state index contributed by atoms with van der Waals surface area (Å²) in [6.45, 7) is 1.27. The fourth-order valence-corrected chi connectivity index (χ4v) is 5.79. The van der Waals surface area contributed by atoms with Gasteiger partial charge in [0.1, 0.15) is 12.6 Å². The number of carbonyl (C=O) groups excluding carboxylic acids is 3. The van der Waals surface area contributed by atoms with E-state index in [0.717, 1.165) is 5.69 Å². The number of amides is 3. The maximum Gasteiger partial charge on any atom is 0.261 e. The average molecular weight is 531 g/mol. The van der Waals surface area contributed by atoms with Gasteiger partial charge in [0, 0.05) is 30.5 Å². The maximum atomic E-state index is 13.4. The van der Waals surface area contributed by atoms with Crippen LogP contribution in [0.4, 0.5) is 11.4 Å². The summed E-state index contributed by atoms with van der Waals surface area (Å²) in [6.07, 6.45) is 5.98. The fourth-order valence-electron chi connectivity index (χ4n) is 4.83. The third-order valence-corrected chi connectivity index (χ3v) is 8.42. The van der Waals surface area contributed by atoms with Crippen molar-refractivity contribution in [3.8, 4) is 0 Å². The van der Waals surface area contributed by atoms with Gasteiger partial charge in [0.05, 0.1) is 15.8 Å². The normalized spacial score (nSPS) is 19.9. The van der Waals surface area contributed by atoms with Gasteiger partial charge in [0.2, 0.25) is 5.91 Å². The molecule has 0 bridgehead atoms. The number of nitrogens with one attached hydrogen (secondary N) is 3. The van der Waals surface area contributed by atoms with Crippen molar-refractivity contribution in [1.29, 1.82) is 0 Å². The zero-order valence-corrected chi connectivity index (χ0v) is 21.6. The molecule has 36 heavy (non-hydrogen) atoms. The summed E-state index contributed by atoms with van der Waals surface area (Å²) >= 11 is 7.19. The largest absolute Gasteiger partial charge is 0.370 e. The number of hydrogen-bond donors (Lipinski definition) is 3. The summed E-state index contributed by atoms with van der Waals surface area (Å²) in [7, 11) is 0. The zero-order valence-electron chi connectivity index (χ0n) is 20.0. The second kappa shape index (κ2) is 11.3. The quantitative estimate of drug-likeness (QED) is 0.435. The van der Waals surface area contributed by atoms with Crippen LogP contribution in [-0.4, -0.2) is 56.1 Å². The van der Waals surface area contributed by atoms with E-state index in [1.807, 2.05) is 12.1 Å². The van der Waals surface area contributed by atoms with E-state index in [9.17, 15) is 14.4 Å². The Bertz CT molecular complexity index is 1100. The number of anilines is 2. The predicted octanol–water partition coefficient (Wildman–Crippen LogP) is 3.67. The molecule has 1 saturated heterocycles. The van der Waals surface area contributed by atoms with E-state index in [2.05, 4.69) is 16.0 Å². The van der Waals surface area contributed by atoms with Gasteiger partial charge in [-0.3, -0.25) is 14.4 Å². The lowest BCUT2D eigenvalue weighted by molar-refractivity contribution is -0.125. The van der Waals surface area contributed by atoms with Crippen LogP contribution in [0.5, 0.6) is 0 Å². The third kappa shape index (κ3) is 6.08. The topological polar surface area (TPSA) is 99.8 Å². The highest BCUT2D eigenvalue weighted by Gasteiger charge is 2.40. The maximum absolute atomic E-state index is 13.4. The van der Waals surface area contributed by atoms with E-state index < -0.39 is 6.04 Å². The van der Waals surface area contributed by atoms with Crippen LogP contribution < -0.4 is 20.9 Å². The summed E-state index contributed by atoms with van der Waals surface area (Å²) in [4.78, 5) is 40.3. The number of carbonyl (C=O) groups is 3. The molecule has 3 fully saturated rings. The first-order valence-electron chi connectivity index (χ1n) is 12.6. The Morgan fingerprint density at radius 2 is 1.83 bits per heavy atom. The van der Waals surface area contributed by atoms with Crippen molar-refractivity contribution in [2.75, 3.05) is 36.5 Å². The Labute approximate surface area is 219 Å². The molecule has 1 unspecified atom stereocenters. The molecule has 192 valence electrons. The van der Waals surface area contributed by atoms with Gasteiger partial charge in [-0.05, 0) is 73.9 Å². The Morgan fingerprint density at radius 3 is 2.44 bits per heavy atom. The fraction of sp³-hybridized carbons (Fsp3) is 0.500. The third-order valence-electron chi connectivity index (χ3n) is 7.19. The molecule has 2 saturated carbocycles. The zero-order chi connectivity index (χ0) is 25.1. The Hall–Kier alpha value is -2.46. The molecular formula is C26H31ClN4O4S. The molecule has 3 aliphatic rings. The molecule has 1 aromatic carbocycles. The summed E-state index contributed by atoms with van der Waals surface area (Å²) in [5.74, 6) is 0.678. The van der Waals surface area contributed by atoms with Gasteiger partial charge >= 0.3 is 0 Å². The van der Waals surface area contributed by atoms with Crippen LogP contribution in [0.15, 0.2) is 36.4 Å². The summed E-state index contributed by atoms with van der Waals surface area (Å²) < 4.78 is 5.75. The van der Waals surface area contributed by atoms with Gasteiger partial charge in [-0.1, -0.05) is 18.0 Å². The van der Waals surface area contributed by atoms with Crippen molar-refractivity contribution in [2.24, 2.45) is 11.8 Å². The molecule has 0 radical (unpaired) electrons. The highest BCUT2D eigenvalue weighted by molar-refractivity contribution is 7.18. The van der Waals surface area contributed by atoms with Crippen LogP contribution in [0.3, 0.4) is 0 Å². The molecule has 5 rings (SSSR count). The standard InChI is InChI=1S/C26H31ClN4O4S/c27-22-11-10-21(36-22)26(34)28-14-20(30-24(17-4-5-17)16-2-1-3-16)25(33)29-18-6-8-19(9-7-18)31-12-13-35-15-23(31)32/h6-11,16-17,20,24,30H,1-5,12-15H2,(H,28,34)(H,29,33)/t20-,24?/m0/s1. The van der Waals surface area contributed by atoms with E-state index in [-0.39, 0.29) is 36.9 Å². The first-order chi connectivity index (χ1) is 17.5. The summed E-state index contributed by atoms with van der Waals surface area (Å²) in [5, 5.41) is 9.50. The smallest absolute Gasteiger partial charge is 0.261 e. The predicted molar refractivity (Wildman–Crippen MR) is 141 cm³/mol. The average Bonchev–Trinajstić information content (AvgIpc) is 3.60. The number of nitrogens with zero attached hydrogens (tertiary/aromatic N) is 1. The summed E-state index contributed by atoms with van der Waals surface area (Å²) in [6, 6.07) is 10.3. The van der Waals surface area contributed by atoms with E-state index >= 15 is 0 Å². The lowest BCUT2D eigenvalue weighted by Gasteiger charge is -2.37. The monoisotopic (exact) mass is 530 g/mol. The molecule has 2 aromatic rings. The van der Waals surface area contributed by atoms with Gasteiger partial charge in [-0.25, -0.2) is 0 Å². The molecule has 1 aromatic heterocycles. The molecule has 3 amide bonds. The number of halogens is 1. The second-order valence-electron chi connectivity index (χ2n) is 9.72. The minimum atomic E-state index is -0.573. The molecule has 2 aliphatic carbocycles. The van der Waals surface area contributed by atoms with Gasteiger partial charge in [-0.2, -0.15) is 0 Å². The van der Waals surface area contributed by atoms with E-state index in [1.165, 1.54) is 43.4 Å². The van der Waals surface area contributed by atoms with Crippen LogP contribution >= 0.6 is 22.9 Å². The molecule has 10 heteroatoms. The molecule has 3 N–H and O–H groups in total. The van der Waals surface area contributed by atoms with Crippen molar-refractivity contribution in [3.63, 3.8) is 0 Å². The molecule has 0 spiro atoms. The Balaban J connectivity index is 1.25. The first-order valence-corrected chi connectivity index (χ1v) is 13.8. The number of ether oxygens (including phenoxy) is 1. The van der Waals surface area contributed by atoms with Crippen molar-refractivity contribution in [3.05, 3.63) is 45.6 Å². The Morgan fingerprint density at radius 1 is 1.08 bits per heavy atom. The molecule has 2 atom stereocenters. The van der Waals surface area contributed by atoms with E-state index in [4.69, 9.17) is 16.3 Å². The van der Waals surface area contributed by atoms with Gasteiger partial charge in [0.15, 0.2) is 0 Å². The summed E-state index contributed by atoms with van der Waals surface area (Å²) in [5.41, 5.74) is 1.41. The van der Waals surface area contributed by atoms with Crippen LogP contribution in [0.2, 0.25) is 4.34 Å².